The highest BCUT2D eigenvalue weighted by atomic mass is 31.2. The average Bonchev–Trinajstić information content (AvgIpc) is 3.74. The number of anilines is 2. The number of alkyl halides is 2. The highest BCUT2D eigenvalue weighted by Crippen LogP contribution is 2.53. The first-order valence-corrected chi connectivity index (χ1v) is 16.9. The Morgan fingerprint density at radius 3 is 2.59 bits per heavy atom. The van der Waals surface area contributed by atoms with Crippen LogP contribution in [0, 0.1) is 0 Å². The Morgan fingerprint density at radius 1 is 1.00 bits per heavy atom. The van der Waals surface area contributed by atoms with Gasteiger partial charge in [-0.05, 0) is 6.07 Å². The van der Waals surface area contributed by atoms with Crippen LogP contribution in [0.5, 0.6) is 0 Å². The molecule has 3 saturated heterocycles. The lowest BCUT2D eigenvalue weighted by Crippen LogP contribution is -2.36. The molecule has 4 aliphatic rings. The summed E-state index contributed by atoms with van der Waals surface area (Å²) in [6, 6.07) is 1.49. The standard InChI is InChI=1S/C22H28F2N10O10P2/c23-10-14-9(41-19(10)33-6-29-12-8(25)1-2-28-17(12)33)5-40-46(37,38)44-15-11(24)21(39-3-4-45(35,36)43-14)42-20(15)34-7-30-13-16(26)31-22(27)32-18(13)34/h1-2,6-7,9-11,14-16,19-21H,3-5,26H2,(H2,25,28)(H,35,36)(H,37,38)(H3,27,31,32)/t9-,10+,11?,14?,15+,16?,19-,20-,21+/m1/s1. The normalized spacial score (nSPS) is 40.1. The first-order valence-electron chi connectivity index (χ1n) is 13.7. The number of hydrogen-bond acceptors (Lipinski definition) is 16. The lowest BCUT2D eigenvalue weighted by molar-refractivity contribution is -0.163. The van der Waals surface area contributed by atoms with Gasteiger partial charge in [-0.2, -0.15) is 0 Å². The second kappa shape index (κ2) is 11.5. The van der Waals surface area contributed by atoms with E-state index in [9.17, 15) is 18.9 Å². The maximum absolute atomic E-state index is 16.0. The van der Waals surface area contributed by atoms with E-state index in [0.29, 0.717) is 0 Å². The summed E-state index contributed by atoms with van der Waals surface area (Å²) in [4.78, 5) is 37.7. The molecule has 11 atom stereocenters. The SMILES string of the molecule is NC1=NC(N)c2ncn([C@@H]3O[C@@H]4OCCP(=O)(O)OC5[C@@H](COP(=O)(O)O[C@H]3C4F)O[C@@H](n3cnc4c(N)ccnc43)[C@H]5F)c2N1. The van der Waals surface area contributed by atoms with Gasteiger partial charge in [0.15, 0.2) is 48.8 Å². The first kappa shape index (κ1) is 31.5. The minimum atomic E-state index is -5.21. The molecule has 0 aromatic carbocycles. The van der Waals surface area contributed by atoms with Crippen LogP contribution in [0.25, 0.3) is 11.2 Å². The molecular weight excluding hydrogens is 664 g/mol. The largest absolute Gasteiger partial charge is 0.472 e. The molecule has 20 nitrogen and oxygen atoms in total. The highest BCUT2D eigenvalue weighted by molar-refractivity contribution is 7.52. The number of pyridine rings is 1. The van der Waals surface area contributed by atoms with Gasteiger partial charge in [-0.3, -0.25) is 27.3 Å². The summed E-state index contributed by atoms with van der Waals surface area (Å²) in [5, 5.41) is 2.72. The molecule has 24 heteroatoms. The Bertz CT molecular complexity index is 1780. The van der Waals surface area contributed by atoms with Crippen molar-refractivity contribution < 1.29 is 55.5 Å². The topological polar surface area (TPSA) is 281 Å². The number of halogens is 2. The van der Waals surface area contributed by atoms with Crippen molar-refractivity contribution in [2.45, 2.75) is 55.6 Å². The predicted octanol–water partition coefficient (Wildman–Crippen LogP) is 0.139. The number of aromatic nitrogens is 5. The quantitative estimate of drug-likeness (QED) is 0.195. The molecule has 3 aromatic heterocycles. The lowest BCUT2D eigenvalue weighted by Gasteiger charge is -2.26. The third kappa shape index (κ3) is 5.58. The lowest BCUT2D eigenvalue weighted by atomic mass is 10.1. The second-order valence-corrected chi connectivity index (χ2v) is 14.0. The molecule has 0 aliphatic carbocycles. The van der Waals surface area contributed by atoms with Crippen molar-refractivity contribution in [3.8, 4) is 0 Å². The van der Waals surface area contributed by atoms with Crippen molar-refractivity contribution in [3.05, 3.63) is 30.6 Å². The second-order valence-electron chi connectivity index (χ2n) is 10.7. The van der Waals surface area contributed by atoms with Gasteiger partial charge in [0.25, 0.3) is 0 Å². The van der Waals surface area contributed by atoms with Crippen LogP contribution in [0.3, 0.4) is 0 Å². The number of hydrogen-bond donors (Lipinski definition) is 6. The maximum atomic E-state index is 16.0. The highest BCUT2D eigenvalue weighted by Gasteiger charge is 2.54. The molecule has 0 amide bonds. The van der Waals surface area contributed by atoms with Crippen molar-refractivity contribution in [3.63, 3.8) is 0 Å². The Morgan fingerprint density at radius 2 is 1.78 bits per heavy atom. The Labute approximate surface area is 256 Å². The van der Waals surface area contributed by atoms with Crippen molar-refractivity contribution in [1.82, 2.24) is 24.1 Å². The zero-order valence-corrected chi connectivity index (χ0v) is 25.1. The number of nitrogens with one attached hydrogen (secondary N) is 1. The number of fused-ring (bicyclic) bond motifs is 5. The molecule has 2 bridgehead atoms. The van der Waals surface area contributed by atoms with Gasteiger partial charge in [-0.15, -0.1) is 0 Å². The minimum Gasteiger partial charge on any atom is -0.397 e. The number of ether oxygens (including phenoxy) is 3. The van der Waals surface area contributed by atoms with E-state index in [0.717, 1.165) is 0 Å². The summed E-state index contributed by atoms with van der Waals surface area (Å²) in [7, 11) is -9.87. The van der Waals surface area contributed by atoms with E-state index >= 15 is 8.78 Å². The van der Waals surface area contributed by atoms with Gasteiger partial charge in [0, 0.05) is 6.20 Å². The summed E-state index contributed by atoms with van der Waals surface area (Å²) in [5.41, 5.74) is 18.5. The van der Waals surface area contributed by atoms with Crippen molar-refractivity contribution >= 4 is 44.0 Å². The zero-order chi connectivity index (χ0) is 32.5. The average molecular weight is 692 g/mol. The molecule has 250 valence electrons. The monoisotopic (exact) mass is 692 g/mol. The van der Waals surface area contributed by atoms with Gasteiger partial charge >= 0.3 is 15.4 Å². The molecule has 9 N–H and O–H groups in total. The number of rotatable bonds is 2. The van der Waals surface area contributed by atoms with Crippen LogP contribution < -0.4 is 22.5 Å². The van der Waals surface area contributed by atoms with Gasteiger partial charge in [0.1, 0.15) is 35.4 Å². The number of nitrogen functional groups attached to an aromatic ring is 1. The van der Waals surface area contributed by atoms with Crippen LogP contribution in [0.4, 0.5) is 20.3 Å². The molecule has 0 spiro atoms. The van der Waals surface area contributed by atoms with Crippen LogP contribution in [-0.2, 0) is 36.9 Å². The fraction of sp³-hybridized carbons (Fsp3) is 0.545. The summed E-state index contributed by atoms with van der Waals surface area (Å²) >= 11 is 0. The molecule has 0 radical (unpaired) electrons. The third-order valence-electron chi connectivity index (χ3n) is 7.66. The van der Waals surface area contributed by atoms with E-state index in [2.05, 4.69) is 25.3 Å². The van der Waals surface area contributed by atoms with Gasteiger partial charge in [-0.25, -0.2) is 33.3 Å². The number of phosphoric ester groups is 1. The fourth-order valence-electron chi connectivity index (χ4n) is 5.54. The molecule has 0 saturated carbocycles. The maximum Gasteiger partial charge on any atom is 0.472 e. The number of nitrogens with two attached hydrogens (primary N) is 3. The third-order valence-corrected chi connectivity index (χ3v) is 9.97. The summed E-state index contributed by atoms with van der Waals surface area (Å²) in [6.07, 6.45) is -12.3. The van der Waals surface area contributed by atoms with Gasteiger partial charge < -0.3 is 46.5 Å². The molecule has 7 heterocycles. The molecule has 5 unspecified atom stereocenters. The molecular formula is C22H28F2N10O10P2. The van der Waals surface area contributed by atoms with Crippen LogP contribution in [0.2, 0.25) is 0 Å². The van der Waals surface area contributed by atoms with Crippen LogP contribution in [-0.4, -0.2) is 96.2 Å². The van der Waals surface area contributed by atoms with Crippen molar-refractivity contribution in [2.75, 3.05) is 30.4 Å². The number of imidazole rings is 2. The Balaban J connectivity index is 1.18. The van der Waals surface area contributed by atoms with Crippen LogP contribution in [0.15, 0.2) is 29.9 Å². The number of aliphatic imine (C=N–C) groups is 1. The zero-order valence-electron chi connectivity index (χ0n) is 23.4. The van der Waals surface area contributed by atoms with E-state index in [4.69, 9.17) is 45.0 Å². The molecule has 7 rings (SSSR count). The smallest absolute Gasteiger partial charge is 0.397 e. The van der Waals surface area contributed by atoms with E-state index in [1.54, 1.807) is 0 Å². The number of guanidine groups is 1. The number of nitrogens with zero attached hydrogens (tertiary/aromatic N) is 6. The van der Waals surface area contributed by atoms with Gasteiger partial charge in [-0.1, -0.05) is 0 Å². The fourth-order valence-corrected chi connectivity index (χ4v) is 7.54. The molecule has 3 aromatic rings. The van der Waals surface area contributed by atoms with Crippen LogP contribution in [0.1, 0.15) is 24.3 Å². The molecule has 46 heavy (non-hydrogen) atoms. The minimum absolute atomic E-state index is 0.0893. The van der Waals surface area contributed by atoms with E-state index < -0.39 is 90.4 Å². The van der Waals surface area contributed by atoms with E-state index in [-0.39, 0.29) is 34.3 Å². The Hall–Kier alpha value is -3.14. The summed E-state index contributed by atoms with van der Waals surface area (Å²) in [5.74, 6) is 0.0467. The van der Waals surface area contributed by atoms with E-state index in [1.165, 1.54) is 34.1 Å². The van der Waals surface area contributed by atoms with Gasteiger partial charge in [0.2, 0.25) is 0 Å². The number of phosphoric acid groups is 1. The predicted molar refractivity (Wildman–Crippen MR) is 150 cm³/mol. The summed E-state index contributed by atoms with van der Waals surface area (Å²) < 4.78 is 92.9. The Kier molecular flexibility index (Phi) is 7.88. The van der Waals surface area contributed by atoms with Crippen molar-refractivity contribution in [1.29, 1.82) is 0 Å². The van der Waals surface area contributed by atoms with Crippen LogP contribution >= 0.6 is 15.4 Å². The van der Waals surface area contributed by atoms with Crippen molar-refractivity contribution in [2.24, 2.45) is 16.5 Å². The molecule has 4 aliphatic heterocycles. The first-order chi connectivity index (χ1) is 21.8. The van der Waals surface area contributed by atoms with Gasteiger partial charge in [0.05, 0.1) is 37.7 Å². The van der Waals surface area contributed by atoms with E-state index in [1.807, 2.05) is 0 Å². The molecule has 3 fully saturated rings. The summed E-state index contributed by atoms with van der Waals surface area (Å²) in [6.45, 7) is -1.50.